The van der Waals surface area contributed by atoms with Crippen LogP contribution >= 0.6 is 11.8 Å². The standard InChI is InChI=1S/C21H18N4O3S/c1-13(19(26)23-16-10-6-7-11-17(16)28-2)29-21-24-18(14-8-4-3-5-9-14)15(12-22)20(27)25-21/h3-11,13H,1-2H3,(H,23,26)(H,24,25,27). The highest BCUT2D eigenvalue weighted by Crippen LogP contribution is 2.27. The van der Waals surface area contributed by atoms with Crippen molar-refractivity contribution in [1.82, 2.24) is 9.97 Å². The Morgan fingerprint density at radius 3 is 2.59 bits per heavy atom. The third kappa shape index (κ3) is 4.65. The second-order valence-electron chi connectivity index (χ2n) is 6.02. The van der Waals surface area contributed by atoms with Crippen LogP contribution in [0.4, 0.5) is 5.69 Å². The smallest absolute Gasteiger partial charge is 0.270 e. The van der Waals surface area contributed by atoms with Crippen molar-refractivity contribution in [2.24, 2.45) is 0 Å². The largest absolute Gasteiger partial charge is 0.495 e. The van der Waals surface area contributed by atoms with Gasteiger partial charge in [-0.25, -0.2) is 4.98 Å². The number of benzene rings is 2. The van der Waals surface area contributed by atoms with Gasteiger partial charge in [-0.1, -0.05) is 54.2 Å². The lowest BCUT2D eigenvalue weighted by Gasteiger charge is -2.14. The van der Waals surface area contributed by atoms with Crippen LogP contribution in [0.5, 0.6) is 5.75 Å². The Morgan fingerprint density at radius 2 is 1.90 bits per heavy atom. The molecule has 0 saturated heterocycles. The molecule has 0 bridgehead atoms. The second-order valence-corrected chi connectivity index (χ2v) is 7.35. The Hall–Kier alpha value is -3.57. The summed E-state index contributed by atoms with van der Waals surface area (Å²) in [5.74, 6) is 0.280. The summed E-state index contributed by atoms with van der Waals surface area (Å²) < 4.78 is 5.24. The van der Waals surface area contributed by atoms with Crippen LogP contribution in [0.3, 0.4) is 0 Å². The first-order valence-electron chi connectivity index (χ1n) is 8.74. The highest BCUT2D eigenvalue weighted by Gasteiger charge is 2.20. The topological polar surface area (TPSA) is 108 Å². The summed E-state index contributed by atoms with van der Waals surface area (Å²) in [6.45, 7) is 1.70. The van der Waals surface area contributed by atoms with Crippen LogP contribution in [-0.2, 0) is 4.79 Å². The van der Waals surface area contributed by atoms with Gasteiger partial charge in [0.15, 0.2) is 5.16 Å². The van der Waals surface area contributed by atoms with Crippen molar-refractivity contribution >= 4 is 23.4 Å². The van der Waals surface area contributed by atoms with Crippen LogP contribution in [-0.4, -0.2) is 28.2 Å². The fourth-order valence-electron chi connectivity index (χ4n) is 2.62. The SMILES string of the molecule is COc1ccccc1NC(=O)C(C)Sc1nc(-c2ccccc2)c(C#N)c(=O)[nH]1. The van der Waals surface area contributed by atoms with Crippen LogP contribution in [0, 0.1) is 11.3 Å². The number of nitriles is 1. The molecule has 7 nitrogen and oxygen atoms in total. The number of carbonyl (C=O) groups is 1. The predicted molar refractivity (Wildman–Crippen MR) is 112 cm³/mol. The first-order valence-corrected chi connectivity index (χ1v) is 9.61. The summed E-state index contributed by atoms with van der Waals surface area (Å²) in [5, 5.41) is 11.9. The van der Waals surface area contributed by atoms with Gasteiger partial charge < -0.3 is 15.0 Å². The number of methoxy groups -OCH3 is 1. The maximum absolute atomic E-state index is 12.6. The number of nitrogens with zero attached hydrogens (tertiary/aromatic N) is 2. The van der Waals surface area contributed by atoms with Gasteiger partial charge in [-0.05, 0) is 19.1 Å². The molecule has 0 aliphatic carbocycles. The first-order chi connectivity index (χ1) is 14.0. The van der Waals surface area contributed by atoms with E-state index in [0.717, 1.165) is 11.8 Å². The average Bonchev–Trinajstić information content (AvgIpc) is 2.74. The molecule has 146 valence electrons. The van der Waals surface area contributed by atoms with Gasteiger partial charge in [-0.2, -0.15) is 5.26 Å². The van der Waals surface area contributed by atoms with Crippen molar-refractivity contribution in [1.29, 1.82) is 5.26 Å². The monoisotopic (exact) mass is 406 g/mol. The minimum Gasteiger partial charge on any atom is -0.495 e. The van der Waals surface area contributed by atoms with E-state index in [1.165, 1.54) is 7.11 Å². The molecule has 1 aromatic heterocycles. The van der Waals surface area contributed by atoms with E-state index in [0.29, 0.717) is 17.0 Å². The summed E-state index contributed by atoms with van der Waals surface area (Å²) >= 11 is 1.10. The maximum atomic E-state index is 12.6. The first kappa shape index (κ1) is 20.2. The van der Waals surface area contributed by atoms with Gasteiger partial charge in [-0.3, -0.25) is 9.59 Å². The van der Waals surface area contributed by atoms with Crippen molar-refractivity contribution in [3.05, 3.63) is 70.5 Å². The van der Waals surface area contributed by atoms with Gasteiger partial charge in [0, 0.05) is 5.56 Å². The Morgan fingerprint density at radius 1 is 1.21 bits per heavy atom. The minimum absolute atomic E-state index is 0.0633. The number of aromatic amines is 1. The Kier molecular flexibility index (Phi) is 6.32. The van der Waals surface area contributed by atoms with Gasteiger partial charge >= 0.3 is 0 Å². The molecule has 0 spiro atoms. The van der Waals surface area contributed by atoms with Crippen LogP contribution in [0.25, 0.3) is 11.3 Å². The van der Waals surface area contributed by atoms with Gasteiger partial charge in [0.1, 0.15) is 17.4 Å². The zero-order valence-electron chi connectivity index (χ0n) is 15.8. The van der Waals surface area contributed by atoms with Gasteiger partial charge in [0.05, 0.1) is 23.7 Å². The van der Waals surface area contributed by atoms with Crippen LogP contribution in [0.2, 0.25) is 0 Å². The Bertz CT molecular complexity index is 1120. The van der Waals surface area contributed by atoms with E-state index >= 15 is 0 Å². The van der Waals surface area contributed by atoms with Crippen LogP contribution in [0.15, 0.2) is 64.5 Å². The molecule has 0 radical (unpaired) electrons. The highest BCUT2D eigenvalue weighted by atomic mass is 32.2. The zero-order chi connectivity index (χ0) is 20.8. The van der Waals surface area contributed by atoms with Gasteiger partial charge in [0.2, 0.25) is 5.91 Å². The number of ether oxygens (including phenoxy) is 1. The average molecular weight is 406 g/mol. The molecule has 3 aromatic rings. The second kappa shape index (κ2) is 9.08. The number of thioether (sulfide) groups is 1. The third-order valence-electron chi connectivity index (χ3n) is 4.08. The number of H-pyrrole nitrogens is 1. The number of anilines is 1. The van der Waals surface area contributed by atoms with E-state index in [4.69, 9.17) is 4.74 Å². The number of carbonyl (C=O) groups excluding carboxylic acids is 1. The normalized spacial score (nSPS) is 11.3. The van der Waals surface area contributed by atoms with E-state index in [1.54, 1.807) is 49.4 Å². The van der Waals surface area contributed by atoms with Crippen molar-refractivity contribution in [3.8, 4) is 23.1 Å². The molecule has 0 saturated carbocycles. The number of rotatable bonds is 6. The molecular weight excluding hydrogens is 388 g/mol. The number of hydrogen-bond acceptors (Lipinski definition) is 6. The van der Waals surface area contributed by atoms with E-state index in [2.05, 4.69) is 15.3 Å². The van der Waals surface area contributed by atoms with Crippen LogP contribution in [0.1, 0.15) is 12.5 Å². The summed E-state index contributed by atoms with van der Waals surface area (Å²) in [6.07, 6.45) is 0. The molecule has 0 fully saturated rings. The number of aromatic nitrogens is 2. The Balaban J connectivity index is 1.84. The molecule has 1 heterocycles. The molecule has 1 amide bonds. The number of hydrogen-bond donors (Lipinski definition) is 2. The van der Waals surface area contributed by atoms with E-state index in [-0.39, 0.29) is 22.3 Å². The molecule has 2 N–H and O–H groups in total. The fraction of sp³-hybridized carbons (Fsp3) is 0.143. The quantitative estimate of drug-likeness (QED) is 0.480. The molecular formula is C21H18N4O3S. The molecule has 1 atom stereocenters. The number of nitrogens with one attached hydrogen (secondary N) is 2. The Labute approximate surface area is 171 Å². The summed E-state index contributed by atoms with van der Waals surface area (Å²) in [5.41, 5.74) is 0.895. The van der Waals surface area contributed by atoms with E-state index in [9.17, 15) is 14.9 Å². The van der Waals surface area contributed by atoms with E-state index < -0.39 is 10.8 Å². The summed E-state index contributed by atoms with van der Waals surface area (Å²) in [6, 6.07) is 18.0. The van der Waals surface area contributed by atoms with Crippen molar-refractivity contribution in [2.45, 2.75) is 17.3 Å². The van der Waals surface area contributed by atoms with Crippen LogP contribution < -0.4 is 15.6 Å². The molecule has 0 aliphatic heterocycles. The predicted octanol–water partition coefficient (Wildman–Crippen LogP) is 3.44. The van der Waals surface area contributed by atoms with Crippen molar-refractivity contribution in [2.75, 3.05) is 12.4 Å². The number of para-hydroxylation sites is 2. The third-order valence-corrected chi connectivity index (χ3v) is 5.06. The molecule has 29 heavy (non-hydrogen) atoms. The lowest BCUT2D eigenvalue weighted by molar-refractivity contribution is -0.115. The molecule has 3 rings (SSSR count). The lowest BCUT2D eigenvalue weighted by atomic mass is 10.1. The summed E-state index contributed by atoms with van der Waals surface area (Å²) in [4.78, 5) is 31.9. The molecule has 0 aliphatic rings. The zero-order valence-corrected chi connectivity index (χ0v) is 16.6. The minimum atomic E-state index is -0.556. The highest BCUT2D eigenvalue weighted by molar-refractivity contribution is 8.00. The number of amides is 1. The van der Waals surface area contributed by atoms with Crippen molar-refractivity contribution in [3.63, 3.8) is 0 Å². The van der Waals surface area contributed by atoms with Gasteiger partial charge in [0.25, 0.3) is 5.56 Å². The molecule has 2 aromatic carbocycles. The van der Waals surface area contributed by atoms with Crippen molar-refractivity contribution < 1.29 is 9.53 Å². The maximum Gasteiger partial charge on any atom is 0.270 e. The fourth-order valence-corrected chi connectivity index (χ4v) is 3.42. The summed E-state index contributed by atoms with van der Waals surface area (Å²) in [7, 11) is 1.53. The molecule has 8 heteroatoms. The molecule has 1 unspecified atom stereocenters. The van der Waals surface area contributed by atoms with E-state index in [1.807, 2.05) is 18.2 Å². The lowest BCUT2D eigenvalue weighted by Crippen LogP contribution is -2.24. The van der Waals surface area contributed by atoms with Gasteiger partial charge in [-0.15, -0.1) is 0 Å².